The molecule has 2 saturated carbocycles. The number of amides is 1. The Kier molecular flexibility index (Phi) is 3.86. The third-order valence-corrected chi connectivity index (χ3v) is 6.60. The molecule has 0 saturated heterocycles. The van der Waals surface area contributed by atoms with E-state index in [-0.39, 0.29) is 23.8 Å². The van der Waals surface area contributed by atoms with Crippen LogP contribution < -0.4 is 5.32 Å². The summed E-state index contributed by atoms with van der Waals surface area (Å²) in [5.74, 6) is 0.498. The lowest BCUT2D eigenvalue weighted by Gasteiger charge is -2.27. The Hall–Kier alpha value is -1.89. The number of benzene rings is 2. The van der Waals surface area contributed by atoms with Crippen LogP contribution in [0.4, 0.5) is 0 Å². The zero-order valence-corrected chi connectivity index (χ0v) is 16.6. The SMILES string of the molecule is O=C(N[C@H]1[C@@H]2C[C@@](O)(c3cc(Cl)cc4[nH]ncc34)C[C@@H]21)c1cccc(Br)c1. The smallest absolute Gasteiger partial charge is 0.251 e. The van der Waals surface area contributed by atoms with E-state index in [2.05, 4.69) is 31.4 Å². The summed E-state index contributed by atoms with van der Waals surface area (Å²) >= 11 is 9.62. The summed E-state index contributed by atoms with van der Waals surface area (Å²) in [6.07, 6.45) is 2.96. The van der Waals surface area contributed by atoms with Crippen LogP contribution in [0, 0.1) is 11.8 Å². The minimum absolute atomic E-state index is 0.0702. The highest BCUT2D eigenvalue weighted by Crippen LogP contribution is 2.60. The van der Waals surface area contributed by atoms with Gasteiger partial charge in [0.15, 0.2) is 0 Å². The fourth-order valence-electron chi connectivity index (χ4n) is 4.56. The van der Waals surface area contributed by atoms with Gasteiger partial charge in [-0.05, 0) is 60.6 Å². The van der Waals surface area contributed by atoms with E-state index in [0.717, 1.165) is 20.9 Å². The second-order valence-corrected chi connectivity index (χ2v) is 8.91. The second-order valence-electron chi connectivity index (χ2n) is 7.56. The largest absolute Gasteiger partial charge is 0.385 e. The van der Waals surface area contributed by atoms with Gasteiger partial charge in [0.1, 0.15) is 0 Å². The van der Waals surface area contributed by atoms with Crippen LogP contribution in [0.25, 0.3) is 10.9 Å². The molecule has 2 fully saturated rings. The van der Waals surface area contributed by atoms with Crippen LogP contribution in [0.1, 0.15) is 28.8 Å². The van der Waals surface area contributed by atoms with E-state index in [9.17, 15) is 9.90 Å². The molecule has 0 aliphatic heterocycles. The molecule has 27 heavy (non-hydrogen) atoms. The van der Waals surface area contributed by atoms with Crippen LogP contribution in [0.5, 0.6) is 0 Å². The Labute approximate surface area is 169 Å². The van der Waals surface area contributed by atoms with Crippen molar-refractivity contribution in [3.63, 3.8) is 0 Å². The lowest BCUT2D eigenvalue weighted by molar-refractivity contribution is 0.0293. The van der Waals surface area contributed by atoms with Gasteiger partial charge < -0.3 is 10.4 Å². The molecule has 0 bridgehead atoms. The first-order valence-corrected chi connectivity index (χ1v) is 10.0. The summed E-state index contributed by atoms with van der Waals surface area (Å²) in [6.45, 7) is 0. The van der Waals surface area contributed by atoms with Crippen LogP contribution in [-0.4, -0.2) is 27.3 Å². The summed E-state index contributed by atoms with van der Waals surface area (Å²) in [6, 6.07) is 11.1. The summed E-state index contributed by atoms with van der Waals surface area (Å²) in [5, 5.41) is 22.9. The molecule has 1 amide bonds. The molecule has 1 aromatic heterocycles. The highest BCUT2D eigenvalue weighted by atomic mass is 79.9. The lowest BCUT2D eigenvalue weighted by Crippen LogP contribution is -2.33. The highest BCUT2D eigenvalue weighted by molar-refractivity contribution is 9.10. The number of hydrogen-bond acceptors (Lipinski definition) is 3. The van der Waals surface area contributed by atoms with Crippen LogP contribution in [0.15, 0.2) is 47.1 Å². The molecule has 1 heterocycles. The van der Waals surface area contributed by atoms with Gasteiger partial charge in [-0.2, -0.15) is 5.10 Å². The van der Waals surface area contributed by atoms with Gasteiger partial charge in [-0.3, -0.25) is 9.89 Å². The number of carbonyl (C=O) groups is 1. The van der Waals surface area contributed by atoms with E-state index in [1.807, 2.05) is 30.3 Å². The van der Waals surface area contributed by atoms with Crippen molar-refractivity contribution in [1.29, 1.82) is 0 Å². The van der Waals surface area contributed by atoms with Crippen molar-refractivity contribution in [1.82, 2.24) is 15.5 Å². The molecule has 5 nitrogen and oxygen atoms in total. The first kappa shape index (κ1) is 17.2. The van der Waals surface area contributed by atoms with E-state index >= 15 is 0 Å². The van der Waals surface area contributed by atoms with Crippen molar-refractivity contribution in [2.45, 2.75) is 24.5 Å². The van der Waals surface area contributed by atoms with Gasteiger partial charge in [-0.15, -0.1) is 0 Å². The Balaban J connectivity index is 1.33. The van der Waals surface area contributed by atoms with E-state index in [1.165, 1.54) is 0 Å². The van der Waals surface area contributed by atoms with E-state index < -0.39 is 5.60 Å². The van der Waals surface area contributed by atoms with Gasteiger partial charge in [0.25, 0.3) is 5.91 Å². The number of aromatic nitrogens is 2. The number of hydrogen-bond donors (Lipinski definition) is 3. The standard InChI is InChI=1S/C20H17BrClN3O2/c21-11-3-1-2-10(4-11)19(26)24-18-13-7-20(27,8-14(13)18)16-5-12(22)6-17-15(16)9-23-25-17/h1-6,9,13-14,18,27H,7-8H2,(H,23,25)(H,24,26)/t13-,14+,18+,20+. The van der Waals surface area contributed by atoms with Crippen molar-refractivity contribution in [2.24, 2.45) is 11.8 Å². The molecule has 2 aliphatic rings. The Morgan fingerprint density at radius 3 is 2.81 bits per heavy atom. The topological polar surface area (TPSA) is 78.0 Å². The minimum Gasteiger partial charge on any atom is -0.385 e. The zero-order chi connectivity index (χ0) is 18.8. The normalized spacial score (nSPS) is 28.9. The summed E-state index contributed by atoms with van der Waals surface area (Å²) in [5.41, 5.74) is 1.35. The maximum Gasteiger partial charge on any atom is 0.251 e. The Morgan fingerprint density at radius 2 is 2.07 bits per heavy atom. The maximum absolute atomic E-state index is 12.5. The van der Waals surface area contributed by atoms with Crippen molar-refractivity contribution in [3.8, 4) is 0 Å². The molecule has 5 rings (SSSR count). The lowest BCUT2D eigenvalue weighted by atomic mass is 9.86. The van der Waals surface area contributed by atoms with E-state index in [4.69, 9.17) is 11.6 Å². The number of carbonyl (C=O) groups excluding carboxylic acids is 1. The number of H-pyrrole nitrogens is 1. The highest BCUT2D eigenvalue weighted by Gasteiger charge is 2.62. The predicted octanol–water partition coefficient (Wildman–Crippen LogP) is 4.00. The number of fused-ring (bicyclic) bond motifs is 2. The molecular formula is C20H17BrClN3O2. The first-order valence-electron chi connectivity index (χ1n) is 8.86. The van der Waals surface area contributed by atoms with Crippen LogP contribution >= 0.6 is 27.5 Å². The number of nitrogens with zero attached hydrogens (tertiary/aromatic N) is 1. The van der Waals surface area contributed by atoms with Gasteiger partial charge >= 0.3 is 0 Å². The fourth-order valence-corrected chi connectivity index (χ4v) is 5.18. The molecular weight excluding hydrogens is 430 g/mol. The number of aliphatic hydroxyl groups is 1. The molecule has 3 aromatic rings. The summed E-state index contributed by atoms with van der Waals surface area (Å²) in [4.78, 5) is 12.5. The second kappa shape index (κ2) is 6.06. The van der Waals surface area contributed by atoms with Crippen LogP contribution in [0.3, 0.4) is 0 Å². The minimum atomic E-state index is -0.931. The summed E-state index contributed by atoms with van der Waals surface area (Å²) in [7, 11) is 0. The molecule has 0 radical (unpaired) electrons. The summed E-state index contributed by atoms with van der Waals surface area (Å²) < 4.78 is 0.880. The third-order valence-electron chi connectivity index (χ3n) is 5.89. The number of nitrogens with one attached hydrogen (secondary N) is 2. The molecule has 2 aromatic carbocycles. The molecule has 2 aliphatic carbocycles. The molecule has 7 heteroatoms. The Bertz CT molecular complexity index is 1050. The van der Waals surface area contributed by atoms with Crippen LogP contribution in [-0.2, 0) is 5.60 Å². The van der Waals surface area contributed by atoms with Gasteiger partial charge in [0.2, 0.25) is 0 Å². The van der Waals surface area contributed by atoms with Crippen molar-refractivity contribution in [3.05, 3.63) is 63.2 Å². The zero-order valence-electron chi connectivity index (χ0n) is 14.2. The molecule has 0 spiro atoms. The average molecular weight is 447 g/mol. The predicted molar refractivity (Wildman–Crippen MR) is 107 cm³/mol. The van der Waals surface area contributed by atoms with Gasteiger partial charge in [0, 0.05) is 26.5 Å². The molecule has 4 atom stereocenters. The molecule has 138 valence electrons. The molecule has 0 unspecified atom stereocenters. The van der Waals surface area contributed by atoms with Crippen molar-refractivity contribution in [2.75, 3.05) is 0 Å². The number of halogens is 2. The van der Waals surface area contributed by atoms with Gasteiger partial charge in [-0.25, -0.2) is 0 Å². The fraction of sp³-hybridized carbons (Fsp3) is 0.300. The van der Waals surface area contributed by atoms with Crippen molar-refractivity contribution >= 4 is 44.3 Å². The Morgan fingerprint density at radius 1 is 1.30 bits per heavy atom. The quantitative estimate of drug-likeness (QED) is 0.569. The number of aromatic amines is 1. The van der Waals surface area contributed by atoms with Crippen LogP contribution in [0.2, 0.25) is 5.02 Å². The van der Waals surface area contributed by atoms with Gasteiger partial charge in [0.05, 0.1) is 17.3 Å². The average Bonchev–Trinajstić information content (AvgIpc) is 3.01. The van der Waals surface area contributed by atoms with E-state index in [0.29, 0.717) is 23.4 Å². The molecule has 3 N–H and O–H groups in total. The first-order chi connectivity index (χ1) is 12.9. The van der Waals surface area contributed by atoms with Gasteiger partial charge in [-0.1, -0.05) is 33.6 Å². The van der Waals surface area contributed by atoms with Crippen molar-refractivity contribution < 1.29 is 9.90 Å². The number of rotatable bonds is 3. The third kappa shape index (κ3) is 2.87. The van der Waals surface area contributed by atoms with E-state index in [1.54, 1.807) is 12.3 Å². The maximum atomic E-state index is 12.5. The monoisotopic (exact) mass is 445 g/mol.